The highest BCUT2D eigenvalue weighted by Gasteiger charge is 2.04. The summed E-state index contributed by atoms with van der Waals surface area (Å²) >= 11 is 5.90. The number of rotatable bonds is 2. The highest BCUT2D eigenvalue weighted by molar-refractivity contribution is 6.31. The third-order valence-electron chi connectivity index (χ3n) is 1.78. The van der Waals surface area contributed by atoms with Crippen LogP contribution in [0.2, 0.25) is 5.02 Å². The predicted molar refractivity (Wildman–Crippen MR) is 53.4 cm³/mol. The number of hydrogen-bond acceptors (Lipinski definition) is 3. The van der Waals surface area contributed by atoms with E-state index in [-0.39, 0.29) is 0 Å². The smallest absolute Gasteiger partial charge is 0.181 e. The molecule has 2 aromatic rings. The molecule has 14 heavy (non-hydrogen) atoms. The van der Waals surface area contributed by atoms with E-state index in [9.17, 15) is 0 Å². The summed E-state index contributed by atoms with van der Waals surface area (Å²) in [5.74, 6) is 1.29. The number of nitrogens with one attached hydrogen (secondary N) is 1. The van der Waals surface area contributed by atoms with Crippen LogP contribution < -0.4 is 4.74 Å². The van der Waals surface area contributed by atoms with Gasteiger partial charge in [0.2, 0.25) is 0 Å². The number of aromatic nitrogens is 3. The normalized spacial score (nSPS) is 10.1. The van der Waals surface area contributed by atoms with Gasteiger partial charge in [-0.15, -0.1) is 0 Å². The number of halogens is 1. The van der Waals surface area contributed by atoms with Crippen molar-refractivity contribution >= 4 is 11.6 Å². The molecule has 0 aliphatic carbocycles. The van der Waals surface area contributed by atoms with E-state index in [2.05, 4.69) is 15.2 Å². The Morgan fingerprint density at radius 1 is 1.36 bits per heavy atom. The second kappa shape index (κ2) is 3.67. The van der Waals surface area contributed by atoms with Gasteiger partial charge in [-0.25, -0.2) is 4.98 Å². The van der Waals surface area contributed by atoms with Crippen LogP contribution >= 0.6 is 11.6 Å². The molecule has 1 aromatic carbocycles. The molecule has 0 amide bonds. The highest BCUT2D eigenvalue weighted by Crippen LogP contribution is 2.25. The van der Waals surface area contributed by atoms with Crippen LogP contribution in [-0.4, -0.2) is 22.3 Å². The first-order chi connectivity index (χ1) is 6.79. The monoisotopic (exact) mass is 209 g/mol. The van der Waals surface area contributed by atoms with Crippen molar-refractivity contribution in [1.29, 1.82) is 0 Å². The van der Waals surface area contributed by atoms with E-state index in [1.54, 1.807) is 19.2 Å². The summed E-state index contributed by atoms with van der Waals surface area (Å²) in [7, 11) is 1.59. The van der Waals surface area contributed by atoms with Gasteiger partial charge in [0.15, 0.2) is 5.82 Å². The van der Waals surface area contributed by atoms with E-state index in [1.165, 1.54) is 6.33 Å². The number of nitrogens with zero attached hydrogens (tertiary/aromatic N) is 2. The topological polar surface area (TPSA) is 50.8 Å². The van der Waals surface area contributed by atoms with Gasteiger partial charge >= 0.3 is 0 Å². The van der Waals surface area contributed by atoms with Crippen LogP contribution in [0.25, 0.3) is 11.4 Å². The van der Waals surface area contributed by atoms with Gasteiger partial charge in [0, 0.05) is 10.6 Å². The van der Waals surface area contributed by atoms with Crippen molar-refractivity contribution in [1.82, 2.24) is 15.2 Å². The maximum Gasteiger partial charge on any atom is 0.181 e. The molecule has 5 heteroatoms. The Balaban J connectivity index is 2.48. The number of H-pyrrole nitrogens is 1. The van der Waals surface area contributed by atoms with Crippen LogP contribution in [0.1, 0.15) is 0 Å². The first kappa shape index (κ1) is 9.02. The molecule has 0 aliphatic heterocycles. The molecule has 0 saturated carbocycles. The molecule has 0 atom stereocenters. The Morgan fingerprint density at radius 3 is 2.86 bits per heavy atom. The van der Waals surface area contributed by atoms with Crippen LogP contribution in [0, 0.1) is 0 Å². The molecule has 72 valence electrons. The molecule has 1 heterocycles. The Bertz CT molecular complexity index is 428. The molecule has 0 radical (unpaired) electrons. The van der Waals surface area contributed by atoms with Gasteiger partial charge in [-0.05, 0) is 18.2 Å². The maximum atomic E-state index is 5.90. The minimum absolute atomic E-state index is 0.601. The first-order valence-electron chi connectivity index (χ1n) is 4.00. The third-order valence-corrected chi connectivity index (χ3v) is 2.00. The van der Waals surface area contributed by atoms with Crippen molar-refractivity contribution in [3.63, 3.8) is 0 Å². The Hall–Kier alpha value is -1.55. The first-order valence-corrected chi connectivity index (χ1v) is 4.38. The minimum Gasteiger partial charge on any atom is -0.497 e. The molecule has 1 N–H and O–H groups in total. The van der Waals surface area contributed by atoms with E-state index >= 15 is 0 Å². The second-order valence-electron chi connectivity index (χ2n) is 2.70. The summed E-state index contributed by atoms with van der Waals surface area (Å²) in [4.78, 5) is 4.02. The number of hydrogen-bond donors (Lipinski definition) is 1. The SMILES string of the molecule is COc1cc(Cl)cc(-c2nc[nH]n2)c1. The number of benzene rings is 1. The van der Waals surface area contributed by atoms with Crippen LogP contribution in [0.4, 0.5) is 0 Å². The Morgan fingerprint density at radius 2 is 2.21 bits per heavy atom. The molecule has 4 nitrogen and oxygen atoms in total. The van der Waals surface area contributed by atoms with Gasteiger partial charge in [0.1, 0.15) is 12.1 Å². The summed E-state index contributed by atoms with van der Waals surface area (Å²) in [6.45, 7) is 0. The maximum absolute atomic E-state index is 5.90. The zero-order valence-corrected chi connectivity index (χ0v) is 8.25. The lowest BCUT2D eigenvalue weighted by Gasteiger charge is -2.02. The second-order valence-corrected chi connectivity index (χ2v) is 3.14. The van der Waals surface area contributed by atoms with E-state index < -0.39 is 0 Å². The summed E-state index contributed by atoms with van der Waals surface area (Å²) < 4.78 is 5.08. The van der Waals surface area contributed by atoms with E-state index in [1.807, 2.05) is 6.07 Å². The van der Waals surface area contributed by atoms with Gasteiger partial charge in [-0.3, -0.25) is 5.10 Å². The van der Waals surface area contributed by atoms with Crippen molar-refractivity contribution in [2.75, 3.05) is 7.11 Å². The summed E-state index contributed by atoms with van der Waals surface area (Å²) in [6, 6.07) is 5.35. The zero-order chi connectivity index (χ0) is 9.97. The fourth-order valence-electron chi connectivity index (χ4n) is 1.16. The predicted octanol–water partition coefficient (Wildman–Crippen LogP) is 2.13. The fraction of sp³-hybridized carbons (Fsp3) is 0.111. The summed E-state index contributed by atoms with van der Waals surface area (Å²) in [5, 5.41) is 7.19. The van der Waals surface area contributed by atoms with Crippen molar-refractivity contribution in [3.8, 4) is 17.1 Å². The lowest BCUT2D eigenvalue weighted by Crippen LogP contribution is -1.86. The molecule has 0 bridgehead atoms. The standard InChI is InChI=1S/C9H8ClN3O/c1-14-8-3-6(2-7(10)4-8)9-11-5-12-13-9/h2-5H,1H3,(H,11,12,13). The van der Waals surface area contributed by atoms with Gasteiger partial charge in [0.05, 0.1) is 7.11 Å². The molecule has 1 aromatic heterocycles. The van der Waals surface area contributed by atoms with Crippen LogP contribution in [0.3, 0.4) is 0 Å². The molecule has 0 saturated heterocycles. The van der Waals surface area contributed by atoms with Gasteiger partial charge < -0.3 is 4.74 Å². The minimum atomic E-state index is 0.601. The molecular formula is C9H8ClN3O. The van der Waals surface area contributed by atoms with Gasteiger partial charge in [0.25, 0.3) is 0 Å². The van der Waals surface area contributed by atoms with Crippen molar-refractivity contribution in [2.45, 2.75) is 0 Å². The van der Waals surface area contributed by atoms with Crippen molar-refractivity contribution in [2.24, 2.45) is 0 Å². The van der Waals surface area contributed by atoms with Crippen molar-refractivity contribution < 1.29 is 4.74 Å². The average Bonchev–Trinajstić information content (AvgIpc) is 2.69. The van der Waals surface area contributed by atoms with Gasteiger partial charge in [-0.1, -0.05) is 11.6 Å². The lowest BCUT2D eigenvalue weighted by atomic mass is 10.2. The van der Waals surface area contributed by atoms with Crippen LogP contribution in [0.15, 0.2) is 24.5 Å². The number of aromatic amines is 1. The zero-order valence-electron chi connectivity index (χ0n) is 7.49. The third kappa shape index (κ3) is 1.70. The van der Waals surface area contributed by atoms with Crippen LogP contribution in [0.5, 0.6) is 5.75 Å². The average molecular weight is 210 g/mol. The Kier molecular flexibility index (Phi) is 2.37. The number of methoxy groups -OCH3 is 1. The molecule has 0 spiro atoms. The molecule has 0 unspecified atom stereocenters. The largest absolute Gasteiger partial charge is 0.497 e. The van der Waals surface area contributed by atoms with E-state index in [4.69, 9.17) is 16.3 Å². The molecule has 0 fully saturated rings. The molecular weight excluding hydrogens is 202 g/mol. The summed E-state index contributed by atoms with van der Waals surface area (Å²) in [6.07, 6.45) is 1.52. The fourth-order valence-corrected chi connectivity index (χ4v) is 1.38. The van der Waals surface area contributed by atoms with E-state index in [0.29, 0.717) is 16.6 Å². The van der Waals surface area contributed by atoms with Gasteiger partial charge in [-0.2, -0.15) is 5.10 Å². The molecule has 2 rings (SSSR count). The molecule has 0 aliphatic rings. The number of ether oxygens (including phenoxy) is 1. The quantitative estimate of drug-likeness (QED) is 0.825. The lowest BCUT2D eigenvalue weighted by molar-refractivity contribution is 0.415. The van der Waals surface area contributed by atoms with Crippen LogP contribution in [-0.2, 0) is 0 Å². The highest BCUT2D eigenvalue weighted by atomic mass is 35.5. The summed E-state index contributed by atoms with van der Waals surface area (Å²) in [5.41, 5.74) is 0.829. The van der Waals surface area contributed by atoms with Crippen molar-refractivity contribution in [3.05, 3.63) is 29.5 Å². The van der Waals surface area contributed by atoms with E-state index in [0.717, 1.165) is 5.56 Å². The Labute approximate surface area is 85.9 Å².